The minimum Gasteiger partial charge on any atom is -0.497 e. The van der Waals surface area contributed by atoms with Crippen molar-refractivity contribution in [1.29, 1.82) is 0 Å². The fraction of sp³-hybridized carbons (Fsp3) is 0.381. The Labute approximate surface area is 188 Å². The molecule has 0 amide bonds. The highest BCUT2D eigenvalue weighted by molar-refractivity contribution is 14.0. The first-order chi connectivity index (χ1) is 13.6. The van der Waals surface area contributed by atoms with Gasteiger partial charge in [0.1, 0.15) is 5.75 Å². The number of benzene rings is 2. The van der Waals surface area contributed by atoms with Crippen molar-refractivity contribution in [1.82, 2.24) is 10.2 Å². The van der Waals surface area contributed by atoms with Gasteiger partial charge < -0.3 is 24.6 Å². The summed E-state index contributed by atoms with van der Waals surface area (Å²) in [7, 11) is 4.91. The highest BCUT2D eigenvalue weighted by Gasteiger charge is 2.20. The van der Waals surface area contributed by atoms with Crippen LogP contribution in [0.4, 0.5) is 10.1 Å². The Morgan fingerprint density at radius 3 is 2.45 bits per heavy atom. The van der Waals surface area contributed by atoms with Gasteiger partial charge >= 0.3 is 0 Å². The van der Waals surface area contributed by atoms with E-state index in [1.807, 2.05) is 18.2 Å². The lowest BCUT2D eigenvalue weighted by atomic mass is 10.2. The fourth-order valence-corrected chi connectivity index (χ4v) is 3.32. The third-order valence-corrected chi connectivity index (χ3v) is 4.88. The van der Waals surface area contributed by atoms with E-state index < -0.39 is 0 Å². The number of rotatable bonds is 5. The monoisotopic (exact) mass is 514 g/mol. The van der Waals surface area contributed by atoms with Gasteiger partial charge in [-0.05, 0) is 29.8 Å². The van der Waals surface area contributed by atoms with Crippen LogP contribution in [-0.2, 0) is 6.54 Å². The number of hydrogen-bond donors (Lipinski definition) is 1. The van der Waals surface area contributed by atoms with Crippen molar-refractivity contribution in [3.63, 3.8) is 0 Å². The van der Waals surface area contributed by atoms with E-state index in [0.717, 1.165) is 49.1 Å². The second kappa shape index (κ2) is 11.1. The summed E-state index contributed by atoms with van der Waals surface area (Å²) in [6.07, 6.45) is 0. The van der Waals surface area contributed by atoms with E-state index in [2.05, 4.69) is 32.2 Å². The first-order valence-electron chi connectivity index (χ1n) is 9.31. The molecule has 1 fully saturated rings. The third kappa shape index (κ3) is 5.88. The minimum atomic E-state index is -0.358. The average Bonchev–Trinajstić information content (AvgIpc) is 2.75. The van der Waals surface area contributed by atoms with E-state index in [0.29, 0.717) is 6.54 Å². The van der Waals surface area contributed by atoms with E-state index in [4.69, 9.17) is 9.47 Å². The zero-order valence-electron chi connectivity index (χ0n) is 17.0. The minimum absolute atomic E-state index is 0. The van der Waals surface area contributed by atoms with Gasteiger partial charge in [-0.1, -0.05) is 12.1 Å². The molecule has 2 aromatic carbocycles. The second-order valence-corrected chi connectivity index (χ2v) is 6.55. The largest absolute Gasteiger partial charge is 0.497 e. The fourth-order valence-electron chi connectivity index (χ4n) is 3.32. The standard InChI is InChI=1S/C21H27FN4O2.HI/c1-23-21(24-15-16-7-8-20(28-3)19(22)13-16)26-11-9-25(10-12-26)17-5-4-6-18(14-17)27-2;/h4-8,13-14H,9-12,15H2,1-3H3,(H,23,24);1H. The Morgan fingerprint density at radius 2 is 1.83 bits per heavy atom. The molecule has 0 unspecified atom stereocenters. The maximum atomic E-state index is 13.9. The van der Waals surface area contributed by atoms with Crippen molar-refractivity contribution < 1.29 is 13.9 Å². The van der Waals surface area contributed by atoms with Gasteiger partial charge in [-0.15, -0.1) is 24.0 Å². The molecule has 0 radical (unpaired) electrons. The van der Waals surface area contributed by atoms with E-state index in [1.54, 1.807) is 20.2 Å². The van der Waals surface area contributed by atoms with Crippen LogP contribution in [0.3, 0.4) is 0 Å². The van der Waals surface area contributed by atoms with Gasteiger partial charge in [-0.2, -0.15) is 0 Å². The summed E-state index contributed by atoms with van der Waals surface area (Å²) < 4.78 is 24.1. The number of hydrogen-bond acceptors (Lipinski definition) is 4. The first-order valence-corrected chi connectivity index (χ1v) is 9.31. The molecule has 0 spiro atoms. The molecule has 0 bridgehead atoms. The molecular weight excluding hydrogens is 486 g/mol. The molecule has 29 heavy (non-hydrogen) atoms. The van der Waals surface area contributed by atoms with Crippen molar-refractivity contribution in [2.24, 2.45) is 4.99 Å². The van der Waals surface area contributed by atoms with Gasteiger partial charge in [-0.25, -0.2) is 4.39 Å². The van der Waals surface area contributed by atoms with Crippen LogP contribution in [-0.4, -0.2) is 58.3 Å². The van der Waals surface area contributed by atoms with Crippen LogP contribution in [0.5, 0.6) is 11.5 Å². The second-order valence-electron chi connectivity index (χ2n) is 6.55. The average molecular weight is 514 g/mol. The number of aliphatic imine (C=N–C) groups is 1. The number of anilines is 1. The van der Waals surface area contributed by atoms with Crippen LogP contribution < -0.4 is 19.7 Å². The summed E-state index contributed by atoms with van der Waals surface area (Å²) in [6.45, 7) is 4.00. The SMILES string of the molecule is CN=C(NCc1ccc(OC)c(F)c1)N1CCN(c2cccc(OC)c2)CC1.I. The van der Waals surface area contributed by atoms with Gasteiger partial charge in [0.2, 0.25) is 0 Å². The zero-order valence-corrected chi connectivity index (χ0v) is 19.4. The van der Waals surface area contributed by atoms with E-state index >= 15 is 0 Å². The van der Waals surface area contributed by atoms with Crippen LogP contribution in [0.15, 0.2) is 47.5 Å². The highest BCUT2D eigenvalue weighted by Crippen LogP contribution is 2.22. The number of guanidine groups is 1. The van der Waals surface area contributed by atoms with Crippen LogP contribution >= 0.6 is 24.0 Å². The zero-order chi connectivity index (χ0) is 19.9. The summed E-state index contributed by atoms with van der Waals surface area (Å²) in [5, 5.41) is 3.32. The topological polar surface area (TPSA) is 49.3 Å². The van der Waals surface area contributed by atoms with Gasteiger partial charge in [-0.3, -0.25) is 4.99 Å². The summed E-state index contributed by atoms with van der Waals surface area (Å²) in [4.78, 5) is 8.94. The van der Waals surface area contributed by atoms with Crippen molar-refractivity contribution >= 4 is 35.6 Å². The summed E-state index contributed by atoms with van der Waals surface area (Å²) >= 11 is 0. The summed E-state index contributed by atoms with van der Waals surface area (Å²) in [5.74, 6) is 1.58. The first kappa shape index (κ1) is 23.1. The predicted molar refractivity (Wildman–Crippen MR) is 125 cm³/mol. The Kier molecular flexibility index (Phi) is 8.81. The van der Waals surface area contributed by atoms with Crippen molar-refractivity contribution in [2.45, 2.75) is 6.54 Å². The normalized spacial score (nSPS) is 14.3. The highest BCUT2D eigenvalue weighted by atomic mass is 127. The number of methoxy groups -OCH3 is 2. The Morgan fingerprint density at radius 1 is 1.07 bits per heavy atom. The molecule has 1 N–H and O–H groups in total. The maximum absolute atomic E-state index is 13.9. The third-order valence-electron chi connectivity index (χ3n) is 4.88. The summed E-state index contributed by atoms with van der Waals surface area (Å²) in [6, 6.07) is 13.1. The van der Waals surface area contributed by atoms with Crippen LogP contribution in [0.25, 0.3) is 0 Å². The molecule has 0 atom stereocenters. The Hall–Kier alpha value is -2.23. The molecule has 2 aromatic rings. The number of nitrogens with zero attached hydrogens (tertiary/aromatic N) is 3. The molecular formula is C21H28FIN4O2. The molecule has 0 saturated carbocycles. The lowest BCUT2D eigenvalue weighted by Gasteiger charge is -2.37. The van der Waals surface area contributed by atoms with Crippen LogP contribution in [0.1, 0.15) is 5.56 Å². The molecule has 1 saturated heterocycles. The molecule has 6 nitrogen and oxygen atoms in total. The van der Waals surface area contributed by atoms with Gasteiger partial charge in [0.25, 0.3) is 0 Å². The van der Waals surface area contributed by atoms with Crippen molar-refractivity contribution in [2.75, 3.05) is 52.3 Å². The molecule has 8 heteroatoms. The van der Waals surface area contributed by atoms with Crippen LogP contribution in [0.2, 0.25) is 0 Å². The molecule has 158 valence electrons. The van der Waals surface area contributed by atoms with Crippen molar-refractivity contribution in [3.05, 3.63) is 53.8 Å². The quantitative estimate of drug-likeness (QED) is 0.377. The molecule has 1 aliphatic rings. The number of piperazine rings is 1. The number of ether oxygens (including phenoxy) is 2. The molecule has 1 aliphatic heterocycles. The summed E-state index contributed by atoms with van der Waals surface area (Å²) in [5.41, 5.74) is 2.00. The lowest BCUT2D eigenvalue weighted by Crippen LogP contribution is -2.52. The number of halogens is 2. The predicted octanol–water partition coefficient (Wildman–Crippen LogP) is 3.36. The van der Waals surface area contributed by atoms with E-state index in [9.17, 15) is 4.39 Å². The molecule has 3 rings (SSSR count). The van der Waals surface area contributed by atoms with Gasteiger partial charge in [0.05, 0.1) is 14.2 Å². The smallest absolute Gasteiger partial charge is 0.194 e. The number of nitrogens with one attached hydrogen (secondary N) is 1. The lowest BCUT2D eigenvalue weighted by molar-refractivity contribution is 0.371. The van der Waals surface area contributed by atoms with Gasteiger partial charge in [0.15, 0.2) is 17.5 Å². The van der Waals surface area contributed by atoms with E-state index in [1.165, 1.54) is 13.2 Å². The molecule has 0 aliphatic carbocycles. The molecule has 0 aromatic heterocycles. The Bertz CT molecular complexity index is 826. The van der Waals surface area contributed by atoms with Crippen molar-refractivity contribution in [3.8, 4) is 11.5 Å². The molecule has 1 heterocycles. The maximum Gasteiger partial charge on any atom is 0.194 e. The van der Waals surface area contributed by atoms with E-state index in [-0.39, 0.29) is 35.5 Å². The van der Waals surface area contributed by atoms with Crippen LogP contribution in [0, 0.1) is 5.82 Å². The van der Waals surface area contributed by atoms with Gasteiger partial charge in [0, 0.05) is 51.5 Å². The Balaban J connectivity index is 0.00000300.